The minimum Gasteiger partial charge on any atom is -0.466 e. The monoisotopic (exact) mass is 448 g/mol. The second kappa shape index (κ2) is 28.0. The van der Waals surface area contributed by atoms with Crippen LogP contribution in [0.3, 0.4) is 0 Å². The van der Waals surface area contributed by atoms with Gasteiger partial charge in [-0.05, 0) is 51.4 Å². The zero-order valence-corrected chi connectivity index (χ0v) is 21.9. The predicted molar refractivity (Wildman–Crippen MR) is 142 cm³/mol. The molecule has 0 N–H and O–H groups in total. The van der Waals surface area contributed by atoms with Crippen LogP contribution in [0.15, 0.2) is 24.3 Å². The average Bonchev–Trinajstić information content (AvgIpc) is 2.80. The smallest absolute Gasteiger partial charge is 0.305 e. The Bertz CT molecular complexity index is 425. The second-order valence-electron chi connectivity index (χ2n) is 9.38. The maximum Gasteiger partial charge on any atom is 0.305 e. The lowest BCUT2D eigenvalue weighted by Crippen LogP contribution is -2.05. The van der Waals surface area contributed by atoms with Crippen LogP contribution in [-0.4, -0.2) is 12.6 Å². The number of hydrogen-bond acceptors (Lipinski definition) is 2. The van der Waals surface area contributed by atoms with E-state index in [0.29, 0.717) is 13.0 Å². The van der Waals surface area contributed by atoms with Crippen molar-refractivity contribution in [3.05, 3.63) is 24.3 Å². The van der Waals surface area contributed by atoms with Gasteiger partial charge >= 0.3 is 5.97 Å². The maximum absolute atomic E-state index is 11.8. The molecule has 0 spiro atoms. The van der Waals surface area contributed by atoms with Gasteiger partial charge in [0.1, 0.15) is 0 Å². The van der Waals surface area contributed by atoms with Crippen LogP contribution in [-0.2, 0) is 9.53 Å². The van der Waals surface area contributed by atoms with Crippen LogP contribution in [0.1, 0.15) is 155 Å². The van der Waals surface area contributed by atoms with Gasteiger partial charge < -0.3 is 4.74 Å². The highest BCUT2D eigenvalue weighted by molar-refractivity contribution is 5.69. The minimum atomic E-state index is 0.000545. The van der Waals surface area contributed by atoms with Gasteiger partial charge in [0, 0.05) is 6.42 Å². The van der Waals surface area contributed by atoms with E-state index in [1.807, 2.05) is 0 Å². The third-order valence-electron chi connectivity index (χ3n) is 6.09. The van der Waals surface area contributed by atoms with Crippen molar-refractivity contribution in [2.45, 2.75) is 155 Å². The number of allylic oxidation sites excluding steroid dienone is 4. The number of carbonyl (C=O) groups excluding carboxylic acids is 1. The topological polar surface area (TPSA) is 26.3 Å². The van der Waals surface area contributed by atoms with Crippen LogP contribution in [0.2, 0.25) is 0 Å². The molecular formula is C30H56O2. The summed E-state index contributed by atoms with van der Waals surface area (Å²) in [5, 5.41) is 0. The number of rotatable bonds is 25. The Balaban J connectivity index is 3.26. The van der Waals surface area contributed by atoms with Crippen LogP contribution in [0.25, 0.3) is 0 Å². The summed E-state index contributed by atoms with van der Waals surface area (Å²) < 4.78 is 5.37. The fraction of sp³-hybridized carbons (Fsp3) is 0.833. The molecular weight excluding hydrogens is 392 g/mol. The fourth-order valence-electron chi connectivity index (χ4n) is 3.93. The van der Waals surface area contributed by atoms with Gasteiger partial charge in [-0.1, -0.05) is 122 Å². The molecule has 0 unspecified atom stereocenters. The van der Waals surface area contributed by atoms with E-state index in [2.05, 4.69) is 38.2 Å². The van der Waals surface area contributed by atoms with E-state index in [1.54, 1.807) is 0 Å². The summed E-state index contributed by atoms with van der Waals surface area (Å²) in [4.78, 5) is 11.8. The largest absolute Gasteiger partial charge is 0.466 e. The molecule has 0 aromatic carbocycles. The van der Waals surface area contributed by atoms with Gasteiger partial charge in [-0.25, -0.2) is 0 Å². The summed E-state index contributed by atoms with van der Waals surface area (Å²) in [5.74, 6) is 0.000545. The lowest BCUT2D eigenvalue weighted by molar-refractivity contribution is -0.143. The quantitative estimate of drug-likeness (QED) is 0.0788. The summed E-state index contributed by atoms with van der Waals surface area (Å²) >= 11 is 0. The molecule has 0 atom stereocenters. The van der Waals surface area contributed by atoms with Gasteiger partial charge in [-0.3, -0.25) is 4.79 Å². The molecule has 0 fully saturated rings. The van der Waals surface area contributed by atoms with E-state index in [1.165, 1.54) is 103 Å². The van der Waals surface area contributed by atoms with Crippen molar-refractivity contribution in [1.29, 1.82) is 0 Å². The van der Waals surface area contributed by atoms with Gasteiger partial charge in [-0.15, -0.1) is 0 Å². The Morgan fingerprint density at radius 1 is 0.531 bits per heavy atom. The Labute approximate surface area is 201 Å². The molecule has 32 heavy (non-hydrogen) atoms. The lowest BCUT2D eigenvalue weighted by atomic mass is 10.1. The molecule has 0 saturated heterocycles. The Hall–Kier alpha value is -1.05. The summed E-state index contributed by atoms with van der Waals surface area (Å²) in [6, 6.07) is 0. The van der Waals surface area contributed by atoms with Crippen molar-refractivity contribution in [2.24, 2.45) is 0 Å². The van der Waals surface area contributed by atoms with Gasteiger partial charge in [0.15, 0.2) is 0 Å². The summed E-state index contributed by atoms with van der Waals surface area (Å²) in [6.07, 6.45) is 36.4. The molecule has 0 aliphatic carbocycles. The first-order chi connectivity index (χ1) is 15.8. The molecule has 0 amide bonds. The van der Waals surface area contributed by atoms with Crippen LogP contribution in [0.5, 0.6) is 0 Å². The van der Waals surface area contributed by atoms with E-state index in [4.69, 9.17) is 4.74 Å². The van der Waals surface area contributed by atoms with Crippen molar-refractivity contribution in [1.82, 2.24) is 0 Å². The highest BCUT2D eigenvalue weighted by Crippen LogP contribution is 2.11. The lowest BCUT2D eigenvalue weighted by Gasteiger charge is -2.05. The normalized spacial score (nSPS) is 11.7. The molecule has 2 nitrogen and oxygen atoms in total. The zero-order chi connectivity index (χ0) is 23.4. The molecule has 0 aliphatic rings. The number of unbranched alkanes of at least 4 members (excludes halogenated alkanes) is 17. The van der Waals surface area contributed by atoms with Crippen molar-refractivity contribution < 1.29 is 9.53 Å². The highest BCUT2D eigenvalue weighted by Gasteiger charge is 2.02. The van der Waals surface area contributed by atoms with Crippen molar-refractivity contribution in [3.63, 3.8) is 0 Å². The minimum absolute atomic E-state index is 0.000545. The van der Waals surface area contributed by atoms with Crippen LogP contribution in [0.4, 0.5) is 0 Å². The molecule has 0 aliphatic heterocycles. The molecule has 0 radical (unpaired) electrons. The van der Waals surface area contributed by atoms with Gasteiger partial charge in [0.2, 0.25) is 0 Å². The van der Waals surface area contributed by atoms with Gasteiger partial charge in [0.05, 0.1) is 6.61 Å². The molecule has 0 bridgehead atoms. The van der Waals surface area contributed by atoms with Crippen LogP contribution in [0, 0.1) is 0 Å². The molecule has 0 aromatic rings. The Kier molecular flexibility index (Phi) is 27.1. The number of carbonyl (C=O) groups is 1. The van der Waals surface area contributed by atoms with Crippen molar-refractivity contribution >= 4 is 5.97 Å². The molecule has 0 heterocycles. The molecule has 0 aromatic heterocycles. The second-order valence-corrected chi connectivity index (χ2v) is 9.38. The zero-order valence-electron chi connectivity index (χ0n) is 21.9. The van der Waals surface area contributed by atoms with E-state index in [9.17, 15) is 4.79 Å². The molecule has 188 valence electrons. The summed E-state index contributed by atoms with van der Waals surface area (Å²) in [6.45, 7) is 5.13. The third kappa shape index (κ3) is 27.0. The van der Waals surface area contributed by atoms with Crippen LogP contribution >= 0.6 is 0 Å². The van der Waals surface area contributed by atoms with Gasteiger partial charge in [0.25, 0.3) is 0 Å². The van der Waals surface area contributed by atoms with Gasteiger partial charge in [-0.2, -0.15) is 0 Å². The predicted octanol–water partition coefficient (Wildman–Crippen LogP) is 10.3. The van der Waals surface area contributed by atoms with E-state index >= 15 is 0 Å². The SMILES string of the molecule is CCCCCCCCC=CCC=CCCCCCOC(=O)CCCCCCCCCCC. The maximum atomic E-state index is 11.8. The Morgan fingerprint density at radius 2 is 0.969 bits per heavy atom. The first-order valence-corrected chi connectivity index (χ1v) is 14.3. The molecule has 2 heteroatoms. The van der Waals surface area contributed by atoms with Crippen molar-refractivity contribution in [2.75, 3.05) is 6.61 Å². The fourth-order valence-corrected chi connectivity index (χ4v) is 3.93. The number of ether oxygens (including phenoxy) is 1. The van der Waals surface area contributed by atoms with E-state index in [-0.39, 0.29) is 5.97 Å². The van der Waals surface area contributed by atoms with E-state index < -0.39 is 0 Å². The van der Waals surface area contributed by atoms with Crippen LogP contribution < -0.4 is 0 Å². The average molecular weight is 449 g/mol. The summed E-state index contributed by atoms with van der Waals surface area (Å²) in [5.41, 5.74) is 0. The highest BCUT2D eigenvalue weighted by atomic mass is 16.5. The number of esters is 1. The summed E-state index contributed by atoms with van der Waals surface area (Å²) in [7, 11) is 0. The van der Waals surface area contributed by atoms with Crippen molar-refractivity contribution in [3.8, 4) is 0 Å². The third-order valence-corrected chi connectivity index (χ3v) is 6.09. The first-order valence-electron chi connectivity index (χ1n) is 14.3. The number of hydrogen-bond donors (Lipinski definition) is 0. The molecule has 0 rings (SSSR count). The molecule has 0 saturated carbocycles. The van der Waals surface area contributed by atoms with E-state index in [0.717, 1.165) is 32.1 Å². The first kappa shape index (κ1) is 30.9. The Morgan fingerprint density at radius 3 is 1.50 bits per heavy atom. The standard InChI is InChI=1S/C30H56O2/c1-3-5-7-9-11-13-14-15-16-17-18-19-21-23-25-27-29-32-30(31)28-26-24-22-20-12-10-8-6-4-2/h15-16,18-19H,3-14,17,20-29H2,1-2H3.